The van der Waals surface area contributed by atoms with Gasteiger partial charge >= 0.3 is 12.6 Å². The molecule has 6 nitrogen and oxygen atoms in total. The first-order valence-corrected chi connectivity index (χ1v) is 9.79. The fourth-order valence-electron chi connectivity index (χ4n) is 4.05. The van der Waals surface area contributed by atoms with Crippen molar-refractivity contribution in [2.45, 2.75) is 25.9 Å². The maximum absolute atomic E-state index is 14.8. The molecule has 0 bridgehead atoms. The highest BCUT2D eigenvalue weighted by Crippen LogP contribution is 2.44. The first kappa shape index (κ1) is 23.1. The maximum atomic E-state index is 14.8. The number of alkyl halides is 4. The van der Waals surface area contributed by atoms with Crippen LogP contribution >= 0.6 is 0 Å². The number of nitrogens with zero attached hydrogens (tertiary/aromatic N) is 1. The Hall–Kier alpha value is -4.02. The largest absolute Gasteiger partial charge is 0.481 e. The van der Waals surface area contributed by atoms with Crippen LogP contribution in [0.5, 0.6) is 5.75 Å². The molecule has 1 aliphatic heterocycles. The monoisotopic (exact) mass is 479 g/mol. The van der Waals surface area contributed by atoms with E-state index < -0.39 is 72.0 Å². The van der Waals surface area contributed by atoms with E-state index in [1.165, 1.54) is 30.3 Å². The molecule has 0 saturated carbocycles. The minimum atomic E-state index is -3.41. The molecule has 1 aliphatic rings. The Kier molecular flexibility index (Phi) is 5.94. The highest BCUT2D eigenvalue weighted by Gasteiger charge is 2.44. The van der Waals surface area contributed by atoms with Crippen molar-refractivity contribution in [1.82, 2.24) is 0 Å². The predicted octanol–water partition coefficient (Wildman–Crippen LogP) is 4.82. The van der Waals surface area contributed by atoms with Gasteiger partial charge in [0.2, 0.25) is 6.43 Å². The second kappa shape index (κ2) is 8.73. The van der Waals surface area contributed by atoms with Gasteiger partial charge in [0.15, 0.2) is 0 Å². The van der Waals surface area contributed by atoms with Crippen LogP contribution in [0.1, 0.15) is 31.8 Å². The van der Waals surface area contributed by atoms with Crippen molar-refractivity contribution < 1.29 is 46.2 Å². The number of amides is 2. The minimum absolute atomic E-state index is 0.0116. The van der Waals surface area contributed by atoms with E-state index >= 15 is 0 Å². The number of aliphatic carboxylic acids is 1. The zero-order valence-electron chi connectivity index (χ0n) is 17.0. The second-order valence-electron chi connectivity index (χ2n) is 7.38. The Bertz CT molecular complexity index is 1270. The number of ether oxygens (including phenoxy) is 1. The van der Waals surface area contributed by atoms with E-state index in [4.69, 9.17) is 5.11 Å². The summed E-state index contributed by atoms with van der Waals surface area (Å²) in [7, 11) is 0. The lowest BCUT2D eigenvalue weighted by Gasteiger charge is -2.16. The number of imide groups is 1. The van der Waals surface area contributed by atoms with Crippen LogP contribution in [0.15, 0.2) is 42.5 Å². The number of fused-ring (bicyclic) bond motifs is 2. The van der Waals surface area contributed by atoms with Gasteiger partial charge in [-0.1, -0.05) is 30.3 Å². The van der Waals surface area contributed by atoms with Crippen molar-refractivity contribution in [2.24, 2.45) is 0 Å². The molecule has 0 spiro atoms. The Morgan fingerprint density at radius 1 is 0.971 bits per heavy atom. The SMILES string of the molecule is O=C(O)Cc1ccc(N2C(=O)c3c(c(OC(F)F)c4ccccc4c3CC(F)F)C2=O)c(F)c1. The summed E-state index contributed by atoms with van der Waals surface area (Å²) in [6.07, 6.45) is -4.45. The summed E-state index contributed by atoms with van der Waals surface area (Å²) < 4.78 is 72.6. The summed E-state index contributed by atoms with van der Waals surface area (Å²) in [6, 6.07) is 8.42. The third-order valence-electron chi connectivity index (χ3n) is 5.28. The maximum Gasteiger partial charge on any atom is 0.387 e. The molecule has 34 heavy (non-hydrogen) atoms. The molecule has 176 valence electrons. The molecule has 1 heterocycles. The van der Waals surface area contributed by atoms with E-state index in [2.05, 4.69) is 4.74 Å². The summed E-state index contributed by atoms with van der Waals surface area (Å²) in [5.74, 6) is -5.48. The van der Waals surface area contributed by atoms with Crippen molar-refractivity contribution in [2.75, 3.05) is 4.90 Å². The molecular weight excluding hydrogens is 465 g/mol. The van der Waals surface area contributed by atoms with Crippen LogP contribution < -0.4 is 9.64 Å². The van der Waals surface area contributed by atoms with Crippen LogP contribution in [0.25, 0.3) is 10.8 Å². The molecule has 0 radical (unpaired) electrons. The molecule has 0 aromatic heterocycles. The number of rotatable bonds is 7. The van der Waals surface area contributed by atoms with Gasteiger partial charge < -0.3 is 9.84 Å². The number of carboxylic acids is 1. The molecule has 3 aromatic rings. The topological polar surface area (TPSA) is 83.9 Å². The number of carbonyl (C=O) groups is 3. The predicted molar refractivity (Wildman–Crippen MR) is 109 cm³/mol. The first-order chi connectivity index (χ1) is 16.1. The fourth-order valence-corrected chi connectivity index (χ4v) is 4.05. The van der Waals surface area contributed by atoms with Gasteiger partial charge in [-0.05, 0) is 28.6 Å². The number of hydrogen-bond donors (Lipinski definition) is 1. The number of carbonyl (C=O) groups excluding carboxylic acids is 2. The van der Waals surface area contributed by atoms with Gasteiger partial charge in [0.1, 0.15) is 11.6 Å². The highest BCUT2D eigenvalue weighted by molar-refractivity contribution is 6.37. The van der Waals surface area contributed by atoms with Gasteiger partial charge in [0, 0.05) is 11.8 Å². The average molecular weight is 479 g/mol. The zero-order chi connectivity index (χ0) is 24.7. The Labute approximate surface area is 188 Å². The van der Waals surface area contributed by atoms with Crippen LogP contribution in [-0.2, 0) is 17.6 Å². The number of benzene rings is 3. The van der Waals surface area contributed by atoms with Gasteiger partial charge in [-0.2, -0.15) is 8.78 Å². The van der Waals surface area contributed by atoms with Crippen LogP contribution in [0.3, 0.4) is 0 Å². The summed E-state index contributed by atoms with van der Waals surface area (Å²) >= 11 is 0. The molecule has 3 aromatic carbocycles. The number of carboxylic acid groups (broad SMARTS) is 1. The normalized spacial score (nSPS) is 13.3. The van der Waals surface area contributed by atoms with Gasteiger partial charge in [0.25, 0.3) is 11.8 Å². The third kappa shape index (κ3) is 3.93. The van der Waals surface area contributed by atoms with Crippen molar-refractivity contribution in [3.05, 3.63) is 70.5 Å². The van der Waals surface area contributed by atoms with E-state index in [1.54, 1.807) is 0 Å². The minimum Gasteiger partial charge on any atom is -0.481 e. The van der Waals surface area contributed by atoms with E-state index in [-0.39, 0.29) is 21.9 Å². The molecule has 0 fully saturated rings. The summed E-state index contributed by atoms with van der Waals surface area (Å²) in [6.45, 7) is -3.41. The van der Waals surface area contributed by atoms with E-state index in [0.29, 0.717) is 4.90 Å². The lowest BCUT2D eigenvalue weighted by Crippen LogP contribution is -2.30. The zero-order valence-corrected chi connectivity index (χ0v) is 17.0. The Morgan fingerprint density at radius 2 is 1.62 bits per heavy atom. The highest BCUT2D eigenvalue weighted by atomic mass is 19.3. The summed E-state index contributed by atoms with van der Waals surface area (Å²) in [5, 5.41) is 8.79. The quantitative estimate of drug-likeness (QED) is 0.388. The van der Waals surface area contributed by atoms with Crippen LogP contribution in [0.2, 0.25) is 0 Å². The Balaban J connectivity index is 1.96. The molecule has 0 unspecified atom stereocenters. The molecule has 0 saturated heterocycles. The van der Waals surface area contributed by atoms with Crippen LogP contribution in [-0.4, -0.2) is 35.9 Å². The van der Waals surface area contributed by atoms with Gasteiger partial charge in [-0.3, -0.25) is 14.4 Å². The number of hydrogen-bond acceptors (Lipinski definition) is 4. The fraction of sp³-hybridized carbons (Fsp3) is 0.174. The van der Waals surface area contributed by atoms with Crippen molar-refractivity contribution in [1.29, 1.82) is 0 Å². The summed E-state index contributed by atoms with van der Waals surface area (Å²) in [5.41, 5.74) is -2.06. The lowest BCUT2D eigenvalue weighted by atomic mass is 9.92. The van der Waals surface area contributed by atoms with E-state index in [0.717, 1.165) is 12.1 Å². The average Bonchev–Trinajstić information content (AvgIpc) is 3.00. The number of anilines is 1. The van der Waals surface area contributed by atoms with Gasteiger partial charge in [0.05, 0.1) is 23.2 Å². The van der Waals surface area contributed by atoms with E-state index in [9.17, 15) is 36.3 Å². The lowest BCUT2D eigenvalue weighted by molar-refractivity contribution is -0.136. The summed E-state index contributed by atoms with van der Waals surface area (Å²) in [4.78, 5) is 37.7. The third-order valence-corrected chi connectivity index (χ3v) is 5.28. The molecule has 0 atom stereocenters. The van der Waals surface area contributed by atoms with Gasteiger partial charge in [-0.25, -0.2) is 18.1 Å². The van der Waals surface area contributed by atoms with Crippen molar-refractivity contribution in [3.63, 3.8) is 0 Å². The molecule has 11 heteroatoms. The van der Waals surface area contributed by atoms with Crippen molar-refractivity contribution >= 4 is 34.2 Å². The standard InChI is InChI=1S/C23H14F5NO5/c24-14-7-10(8-17(30)31)5-6-15(14)29-21(32)18-13(9-16(25)26)11-3-1-2-4-12(11)20(34-23(27)28)19(18)22(29)33/h1-7,16,23H,8-9H2,(H,30,31). The molecule has 0 aliphatic carbocycles. The number of halogens is 5. The first-order valence-electron chi connectivity index (χ1n) is 9.79. The Morgan fingerprint density at radius 3 is 2.21 bits per heavy atom. The van der Waals surface area contributed by atoms with Crippen LogP contribution in [0, 0.1) is 5.82 Å². The second-order valence-corrected chi connectivity index (χ2v) is 7.38. The molecule has 2 amide bonds. The smallest absolute Gasteiger partial charge is 0.387 e. The van der Waals surface area contributed by atoms with Crippen molar-refractivity contribution in [3.8, 4) is 5.75 Å². The van der Waals surface area contributed by atoms with Gasteiger partial charge in [-0.15, -0.1) is 0 Å². The molecule has 1 N–H and O–H groups in total. The van der Waals surface area contributed by atoms with Crippen LogP contribution in [0.4, 0.5) is 27.6 Å². The molecular formula is C23H14F5NO5. The van der Waals surface area contributed by atoms with E-state index in [1.807, 2.05) is 0 Å². The molecule has 4 rings (SSSR count).